The zero-order valence-corrected chi connectivity index (χ0v) is 16.8. The summed E-state index contributed by atoms with van der Waals surface area (Å²) in [5, 5.41) is 3.47. The van der Waals surface area contributed by atoms with E-state index in [0.717, 1.165) is 5.56 Å². The number of aryl methyl sites for hydroxylation is 1. The smallest absolute Gasteiger partial charge is 0.348 e. The third-order valence-corrected chi connectivity index (χ3v) is 6.37. The highest BCUT2D eigenvalue weighted by Gasteiger charge is 2.33. The number of carbonyl (C=O) groups excluding carboxylic acids is 3. The summed E-state index contributed by atoms with van der Waals surface area (Å²) in [5.41, 5.74) is 0.748. The number of anilines is 1. The first-order valence-corrected chi connectivity index (χ1v) is 10.4. The summed E-state index contributed by atoms with van der Waals surface area (Å²) < 4.78 is 10.3. The molecule has 3 heterocycles. The monoisotopic (exact) mass is 411 g/mol. The van der Waals surface area contributed by atoms with Crippen LogP contribution in [0.2, 0.25) is 0 Å². The van der Waals surface area contributed by atoms with Crippen molar-refractivity contribution in [3.05, 3.63) is 16.5 Å². The normalized spacial score (nSPS) is 19.8. The van der Waals surface area contributed by atoms with E-state index in [1.54, 1.807) is 19.9 Å². The Bertz CT molecular complexity index is 771. The second-order valence-corrected chi connectivity index (χ2v) is 8.26. The van der Waals surface area contributed by atoms with Crippen molar-refractivity contribution in [1.82, 2.24) is 4.90 Å². The minimum absolute atomic E-state index is 0.0343. The SMILES string of the molecule is CCOC(=O)c1sc(NC(=O)CC2SC(N3CCOCC3)=NC2=O)cc1C. The summed E-state index contributed by atoms with van der Waals surface area (Å²) in [4.78, 5) is 42.9. The molecule has 0 aliphatic carbocycles. The van der Waals surface area contributed by atoms with Crippen LogP contribution in [0.4, 0.5) is 5.00 Å². The molecule has 0 aromatic carbocycles. The average molecular weight is 412 g/mol. The molecule has 0 bridgehead atoms. The van der Waals surface area contributed by atoms with Crippen LogP contribution in [0.1, 0.15) is 28.6 Å². The highest BCUT2D eigenvalue weighted by Crippen LogP contribution is 2.30. The van der Waals surface area contributed by atoms with Crippen molar-refractivity contribution in [3.8, 4) is 0 Å². The summed E-state index contributed by atoms with van der Waals surface area (Å²) in [5.74, 6) is -0.965. The number of hydrogen-bond donors (Lipinski definition) is 1. The van der Waals surface area contributed by atoms with Gasteiger partial charge < -0.3 is 19.7 Å². The lowest BCUT2D eigenvalue weighted by atomic mass is 10.2. The Kier molecular flexibility index (Phi) is 6.51. The molecule has 3 rings (SSSR count). The third-order valence-electron chi connectivity index (χ3n) is 4.02. The van der Waals surface area contributed by atoms with Crippen LogP contribution in [0.3, 0.4) is 0 Å². The van der Waals surface area contributed by atoms with Crippen LogP contribution in [-0.2, 0) is 19.1 Å². The zero-order chi connectivity index (χ0) is 19.4. The van der Waals surface area contributed by atoms with E-state index in [1.807, 2.05) is 4.90 Å². The van der Waals surface area contributed by atoms with Crippen LogP contribution in [-0.4, -0.2) is 66.0 Å². The molecular weight excluding hydrogens is 390 g/mol. The van der Waals surface area contributed by atoms with E-state index in [1.165, 1.54) is 23.1 Å². The number of nitrogens with zero attached hydrogens (tertiary/aromatic N) is 2. The molecule has 2 aliphatic rings. The van der Waals surface area contributed by atoms with Gasteiger partial charge in [0.25, 0.3) is 5.91 Å². The van der Waals surface area contributed by atoms with Crippen LogP contribution >= 0.6 is 23.1 Å². The van der Waals surface area contributed by atoms with Crippen LogP contribution in [0.15, 0.2) is 11.1 Å². The van der Waals surface area contributed by atoms with E-state index in [4.69, 9.17) is 9.47 Å². The molecule has 0 radical (unpaired) electrons. The fraction of sp³-hybridized carbons (Fsp3) is 0.529. The number of carbonyl (C=O) groups is 3. The van der Waals surface area contributed by atoms with Crippen molar-refractivity contribution in [2.45, 2.75) is 25.5 Å². The Morgan fingerprint density at radius 3 is 2.85 bits per heavy atom. The van der Waals surface area contributed by atoms with Gasteiger partial charge >= 0.3 is 5.97 Å². The predicted octanol–water partition coefficient (Wildman–Crippen LogP) is 1.89. The quantitative estimate of drug-likeness (QED) is 0.739. The minimum Gasteiger partial charge on any atom is -0.462 e. The Balaban J connectivity index is 1.55. The molecule has 1 saturated heterocycles. The van der Waals surface area contributed by atoms with Crippen LogP contribution in [0.25, 0.3) is 0 Å². The Hall–Kier alpha value is -1.91. The van der Waals surface area contributed by atoms with Gasteiger partial charge in [0, 0.05) is 19.5 Å². The molecule has 1 aromatic heterocycles. The van der Waals surface area contributed by atoms with Crippen molar-refractivity contribution < 1.29 is 23.9 Å². The maximum Gasteiger partial charge on any atom is 0.348 e. The number of hydrogen-bond acceptors (Lipinski definition) is 8. The van der Waals surface area contributed by atoms with Gasteiger partial charge in [-0.05, 0) is 25.5 Å². The molecule has 1 N–H and O–H groups in total. The van der Waals surface area contributed by atoms with Crippen molar-refractivity contribution in [3.63, 3.8) is 0 Å². The van der Waals surface area contributed by atoms with Crippen molar-refractivity contribution >= 4 is 51.1 Å². The van der Waals surface area contributed by atoms with E-state index in [-0.39, 0.29) is 18.2 Å². The largest absolute Gasteiger partial charge is 0.462 e. The first-order valence-electron chi connectivity index (χ1n) is 8.67. The molecule has 8 nitrogen and oxygen atoms in total. The van der Waals surface area contributed by atoms with Gasteiger partial charge in [0.2, 0.25) is 5.91 Å². The summed E-state index contributed by atoms with van der Waals surface area (Å²) in [6.45, 7) is 6.44. The molecular formula is C17H21N3O5S2. The van der Waals surface area contributed by atoms with Crippen LogP contribution in [0, 0.1) is 6.92 Å². The van der Waals surface area contributed by atoms with Crippen LogP contribution < -0.4 is 5.32 Å². The van der Waals surface area contributed by atoms with E-state index in [0.29, 0.717) is 48.0 Å². The number of esters is 1. The number of amides is 2. The molecule has 1 atom stereocenters. The van der Waals surface area contributed by atoms with Gasteiger partial charge in [-0.25, -0.2) is 4.79 Å². The maximum absolute atomic E-state index is 12.3. The highest BCUT2D eigenvalue weighted by molar-refractivity contribution is 8.15. The molecule has 2 amide bonds. The van der Waals surface area contributed by atoms with E-state index < -0.39 is 11.2 Å². The Labute approximate surface area is 165 Å². The van der Waals surface area contributed by atoms with E-state index in [2.05, 4.69) is 10.3 Å². The fourth-order valence-corrected chi connectivity index (χ4v) is 4.80. The van der Waals surface area contributed by atoms with Gasteiger partial charge in [-0.1, -0.05) is 11.8 Å². The lowest BCUT2D eigenvalue weighted by molar-refractivity contribution is -0.121. The van der Waals surface area contributed by atoms with Crippen molar-refractivity contribution in [2.24, 2.45) is 4.99 Å². The molecule has 0 spiro atoms. The Morgan fingerprint density at radius 1 is 1.41 bits per heavy atom. The molecule has 10 heteroatoms. The molecule has 27 heavy (non-hydrogen) atoms. The first-order chi connectivity index (χ1) is 13.0. The fourth-order valence-electron chi connectivity index (χ4n) is 2.70. The molecule has 146 valence electrons. The van der Waals surface area contributed by atoms with Crippen molar-refractivity contribution in [2.75, 3.05) is 38.2 Å². The molecule has 0 saturated carbocycles. The predicted molar refractivity (Wildman–Crippen MR) is 104 cm³/mol. The summed E-state index contributed by atoms with van der Waals surface area (Å²) in [6.07, 6.45) is 0.0343. The van der Waals surface area contributed by atoms with Crippen LogP contribution in [0.5, 0.6) is 0 Å². The second-order valence-electron chi connectivity index (χ2n) is 6.03. The standard InChI is InChI=1S/C17H21N3O5S2/c1-3-25-16(23)14-10(2)8-13(27-14)18-12(21)9-11-15(22)19-17(26-11)20-4-6-24-7-5-20/h8,11H,3-7,9H2,1-2H3,(H,18,21). The van der Waals surface area contributed by atoms with Gasteiger partial charge in [-0.15, -0.1) is 11.3 Å². The molecule has 1 aromatic rings. The molecule has 1 unspecified atom stereocenters. The number of ether oxygens (including phenoxy) is 2. The number of aliphatic imine (C=N–C) groups is 1. The number of rotatable bonds is 5. The number of nitrogens with one attached hydrogen (secondary N) is 1. The highest BCUT2D eigenvalue weighted by atomic mass is 32.2. The number of thioether (sulfide) groups is 1. The third kappa shape index (κ3) is 4.88. The average Bonchev–Trinajstić information content (AvgIpc) is 3.18. The van der Waals surface area contributed by atoms with Gasteiger partial charge in [0.15, 0.2) is 5.17 Å². The summed E-state index contributed by atoms with van der Waals surface area (Å²) in [6, 6.07) is 1.73. The number of morpholine rings is 1. The maximum atomic E-state index is 12.3. The number of thiophene rings is 1. The zero-order valence-electron chi connectivity index (χ0n) is 15.1. The van der Waals surface area contributed by atoms with E-state index in [9.17, 15) is 14.4 Å². The molecule has 2 aliphatic heterocycles. The van der Waals surface area contributed by atoms with Gasteiger partial charge in [0.05, 0.1) is 24.8 Å². The van der Waals surface area contributed by atoms with Gasteiger partial charge in [-0.3, -0.25) is 9.59 Å². The van der Waals surface area contributed by atoms with Gasteiger partial charge in [-0.2, -0.15) is 4.99 Å². The summed E-state index contributed by atoms with van der Waals surface area (Å²) >= 11 is 2.49. The van der Waals surface area contributed by atoms with Crippen molar-refractivity contribution in [1.29, 1.82) is 0 Å². The lowest BCUT2D eigenvalue weighted by Gasteiger charge is -2.27. The van der Waals surface area contributed by atoms with E-state index >= 15 is 0 Å². The topological polar surface area (TPSA) is 97.3 Å². The lowest BCUT2D eigenvalue weighted by Crippen LogP contribution is -2.39. The Morgan fingerprint density at radius 2 is 2.15 bits per heavy atom. The van der Waals surface area contributed by atoms with Gasteiger partial charge in [0.1, 0.15) is 10.1 Å². The minimum atomic E-state index is -0.520. The first kappa shape index (κ1) is 19.8. The summed E-state index contributed by atoms with van der Waals surface area (Å²) in [7, 11) is 0. The molecule has 1 fully saturated rings. The second kappa shape index (κ2) is 8.85. The number of amidine groups is 1.